The number of thioether (sulfide) groups is 1. The molecule has 3 aromatic heterocycles. The normalized spacial score (nSPS) is 14.7. The van der Waals surface area contributed by atoms with E-state index in [-0.39, 0.29) is 41.7 Å². The van der Waals surface area contributed by atoms with Gasteiger partial charge in [0, 0.05) is 16.6 Å². The summed E-state index contributed by atoms with van der Waals surface area (Å²) in [4.78, 5) is 27.1. The zero-order valence-electron chi connectivity index (χ0n) is 21.8. The molecule has 0 aliphatic carbocycles. The van der Waals surface area contributed by atoms with E-state index in [0.717, 1.165) is 26.3 Å². The molecule has 1 N–H and O–H groups in total. The molecule has 1 atom stereocenters. The van der Waals surface area contributed by atoms with Gasteiger partial charge in [-0.3, -0.25) is 14.2 Å². The molecule has 1 aliphatic rings. The van der Waals surface area contributed by atoms with Crippen LogP contribution in [0.4, 0.5) is 4.39 Å². The van der Waals surface area contributed by atoms with Crippen molar-refractivity contribution in [1.29, 1.82) is 0 Å². The summed E-state index contributed by atoms with van der Waals surface area (Å²) in [5.74, 6) is -0.238. The molecule has 0 saturated carbocycles. The van der Waals surface area contributed by atoms with Crippen LogP contribution in [-0.2, 0) is 11.3 Å². The summed E-state index contributed by atoms with van der Waals surface area (Å²) in [6, 6.07) is 20.5. The Morgan fingerprint density at radius 1 is 1.07 bits per heavy atom. The van der Waals surface area contributed by atoms with Gasteiger partial charge in [0.2, 0.25) is 0 Å². The fraction of sp³-hybridized carbons (Fsp3) is 0.138. The van der Waals surface area contributed by atoms with Crippen LogP contribution < -0.4 is 5.32 Å². The molecule has 212 valence electrons. The van der Waals surface area contributed by atoms with E-state index in [0.29, 0.717) is 17.4 Å². The maximum absolute atomic E-state index is 13.7. The van der Waals surface area contributed by atoms with Crippen molar-refractivity contribution in [1.82, 2.24) is 25.1 Å². The average Bonchev–Trinajstić information content (AvgIpc) is 3.82. The number of hydrazone groups is 1. The highest BCUT2D eigenvalue weighted by Crippen LogP contribution is 2.35. The van der Waals surface area contributed by atoms with Crippen molar-refractivity contribution in [2.45, 2.75) is 24.2 Å². The summed E-state index contributed by atoms with van der Waals surface area (Å²) in [5, 5.41) is 20.1. The monoisotopic (exact) mass is 664 g/mol. The summed E-state index contributed by atoms with van der Waals surface area (Å²) >= 11 is 6.24. The molecule has 42 heavy (non-hydrogen) atoms. The number of hydrogen-bond donors (Lipinski definition) is 1. The Kier molecular flexibility index (Phi) is 8.31. The molecule has 0 saturated heterocycles. The molecule has 2 amide bonds. The van der Waals surface area contributed by atoms with Crippen LogP contribution in [0.3, 0.4) is 0 Å². The van der Waals surface area contributed by atoms with E-state index in [1.165, 1.54) is 35.2 Å². The topological polar surface area (TPSA) is 106 Å². The minimum atomic E-state index is -0.380. The Morgan fingerprint density at radius 2 is 1.88 bits per heavy atom. The SMILES string of the molecule is O=C(NCc1nnc(SCC(=O)N2N=C(c3cccs3)CC2c2ccc(F)cc2)n1-c1ccc(Br)cc1)c1ccco1. The van der Waals surface area contributed by atoms with Gasteiger partial charge in [-0.1, -0.05) is 45.9 Å². The highest BCUT2D eigenvalue weighted by molar-refractivity contribution is 9.10. The summed E-state index contributed by atoms with van der Waals surface area (Å²) in [6.45, 7) is 0.0876. The molecular weight excluding hydrogens is 643 g/mol. The number of carbonyl (C=O) groups is 2. The van der Waals surface area contributed by atoms with Crippen LogP contribution in [0.1, 0.15) is 39.3 Å². The van der Waals surface area contributed by atoms with Gasteiger partial charge >= 0.3 is 0 Å². The lowest BCUT2D eigenvalue weighted by molar-refractivity contribution is -0.130. The highest BCUT2D eigenvalue weighted by Gasteiger charge is 2.33. The Balaban J connectivity index is 1.24. The maximum Gasteiger partial charge on any atom is 0.287 e. The first-order valence-corrected chi connectivity index (χ1v) is 15.5. The van der Waals surface area contributed by atoms with Gasteiger partial charge in [-0.05, 0) is 65.5 Å². The van der Waals surface area contributed by atoms with E-state index in [9.17, 15) is 14.0 Å². The lowest BCUT2D eigenvalue weighted by atomic mass is 10.0. The average molecular weight is 666 g/mol. The number of furan rings is 1. The molecule has 2 aromatic carbocycles. The molecule has 0 bridgehead atoms. The largest absolute Gasteiger partial charge is 0.459 e. The Bertz CT molecular complexity index is 1720. The van der Waals surface area contributed by atoms with Gasteiger partial charge in [-0.25, -0.2) is 9.40 Å². The zero-order valence-corrected chi connectivity index (χ0v) is 25.0. The number of hydrogen-bond acceptors (Lipinski definition) is 8. The van der Waals surface area contributed by atoms with Crippen molar-refractivity contribution in [2.24, 2.45) is 5.10 Å². The van der Waals surface area contributed by atoms with Gasteiger partial charge in [0.1, 0.15) is 5.82 Å². The Hall–Kier alpha value is -4.07. The lowest BCUT2D eigenvalue weighted by Crippen LogP contribution is -2.28. The van der Waals surface area contributed by atoms with Crippen molar-refractivity contribution in [3.05, 3.63) is 117 Å². The second-order valence-electron chi connectivity index (χ2n) is 9.19. The number of benzene rings is 2. The van der Waals surface area contributed by atoms with Crippen LogP contribution in [0.25, 0.3) is 5.69 Å². The van der Waals surface area contributed by atoms with Gasteiger partial charge in [0.15, 0.2) is 16.7 Å². The van der Waals surface area contributed by atoms with Gasteiger partial charge in [-0.2, -0.15) is 5.10 Å². The Labute approximate surface area is 256 Å². The van der Waals surface area contributed by atoms with Crippen LogP contribution >= 0.6 is 39.0 Å². The first-order chi connectivity index (χ1) is 20.5. The molecule has 6 rings (SSSR count). The van der Waals surface area contributed by atoms with E-state index in [1.54, 1.807) is 40.2 Å². The molecule has 4 heterocycles. The summed E-state index contributed by atoms with van der Waals surface area (Å²) in [5.41, 5.74) is 2.38. The van der Waals surface area contributed by atoms with E-state index < -0.39 is 0 Å². The van der Waals surface area contributed by atoms with Crippen molar-refractivity contribution < 1.29 is 18.4 Å². The van der Waals surface area contributed by atoms with E-state index in [4.69, 9.17) is 9.52 Å². The third kappa shape index (κ3) is 6.08. The molecule has 1 aliphatic heterocycles. The molecule has 1 unspecified atom stereocenters. The lowest BCUT2D eigenvalue weighted by Gasteiger charge is -2.22. The quantitative estimate of drug-likeness (QED) is 0.188. The summed E-state index contributed by atoms with van der Waals surface area (Å²) in [7, 11) is 0. The van der Waals surface area contributed by atoms with Crippen molar-refractivity contribution in [3.8, 4) is 5.69 Å². The molecule has 0 spiro atoms. The first-order valence-electron chi connectivity index (χ1n) is 12.8. The molecular formula is C29H22BrFN6O3S2. The molecule has 9 nitrogen and oxygen atoms in total. The molecule has 5 aromatic rings. The fourth-order valence-electron chi connectivity index (χ4n) is 4.48. The predicted molar refractivity (Wildman–Crippen MR) is 161 cm³/mol. The van der Waals surface area contributed by atoms with Crippen LogP contribution in [0.5, 0.6) is 0 Å². The first kappa shape index (κ1) is 28.1. The van der Waals surface area contributed by atoms with Crippen LogP contribution in [0, 0.1) is 5.82 Å². The fourth-order valence-corrected chi connectivity index (χ4v) is 6.29. The minimum Gasteiger partial charge on any atom is -0.459 e. The molecule has 13 heteroatoms. The smallest absolute Gasteiger partial charge is 0.287 e. The van der Waals surface area contributed by atoms with Gasteiger partial charge in [0.25, 0.3) is 11.8 Å². The predicted octanol–water partition coefficient (Wildman–Crippen LogP) is 6.22. The number of nitrogens with zero attached hydrogens (tertiary/aromatic N) is 5. The number of carbonyl (C=O) groups excluding carboxylic acids is 2. The van der Waals surface area contributed by atoms with Crippen molar-refractivity contribution in [2.75, 3.05) is 5.75 Å². The summed E-state index contributed by atoms with van der Waals surface area (Å²) in [6.07, 6.45) is 1.95. The number of aromatic nitrogens is 3. The summed E-state index contributed by atoms with van der Waals surface area (Å²) < 4.78 is 21.5. The zero-order chi connectivity index (χ0) is 29.1. The van der Waals surface area contributed by atoms with Gasteiger partial charge in [0.05, 0.1) is 35.2 Å². The van der Waals surface area contributed by atoms with Crippen molar-refractivity contribution >= 4 is 56.6 Å². The minimum absolute atomic E-state index is 0.0341. The molecule has 0 radical (unpaired) electrons. The van der Waals surface area contributed by atoms with E-state index in [2.05, 4.69) is 31.4 Å². The number of halogens is 2. The number of rotatable bonds is 9. The second kappa shape index (κ2) is 12.4. The van der Waals surface area contributed by atoms with Crippen molar-refractivity contribution in [3.63, 3.8) is 0 Å². The van der Waals surface area contributed by atoms with Crippen LogP contribution in [0.15, 0.2) is 104 Å². The molecule has 0 fully saturated rings. The van der Waals surface area contributed by atoms with Gasteiger partial charge in [-0.15, -0.1) is 21.5 Å². The second-order valence-corrected chi connectivity index (χ2v) is 12.0. The standard InChI is InChI=1S/C29H22BrFN6O3S2/c30-19-7-11-21(12-8-19)36-26(16-32-28(39)24-3-1-13-40-24)33-34-29(36)42-17-27(38)37-23(18-5-9-20(31)10-6-18)15-22(35-37)25-4-2-14-41-25/h1-14,23H,15-17H2,(H,32,39). The van der Waals surface area contributed by atoms with E-state index >= 15 is 0 Å². The number of amides is 2. The third-order valence-corrected chi connectivity index (χ3v) is 8.85. The van der Waals surface area contributed by atoms with Crippen LogP contribution in [0.2, 0.25) is 0 Å². The third-order valence-electron chi connectivity index (χ3n) is 6.49. The Morgan fingerprint density at radius 3 is 2.60 bits per heavy atom. The number of thiophene rings is 1. The van der Waals surface area contributed by atoms with Crippen LogP contribution in [-0.4, -0.2) is 43.1 Å². The maximum atomic E-state index is 13.7. The number of nitrogens with one attached hydrogen (secondary N) is 1. The highest BCUT2D eigenvalue weighted by atomic mass is 79.9. The van der Waals surface area contributed by atoms with E-state index in [1.807, 2.05) is 41.8 Å². The van der Waals surface area contributed by atoms with Gasteiger partial charge < -0.3 is 9.73 Å².